The maximum atomic E-state index is 6.41. The molecule has 0 aromatic heterocycles. The highest BCUT2D eigenvalue weighted by molar-refractivity contribution is 5.09. The van der Waals surface area contributed by atoms with Gasteiger partial charge < -0.3 is 19.5 Å². The lowest BCUT2D eigenvalue weighted by atomic mass is 9.58. The lowest BCUT2D eigenvalue weighted by Gasteiger charge is -2.60. The van der Waals surface area contributed by atoms with Crippen molar-refractivity contribution in [3.8, 4) is 0 Å². The molecule has 8 atom stereocenters. The molecule has 3 unspecified atom stereocenters. The zero-order chi connectivity index (χ0) is 19.4. The summed E-state index contributed by atoms with van der Waals surface area (Å²) in [4.78, 5) is 12.0. The third-order valence-electron chi connectivity index (χ3n) is 7.14. The van der Waals surface area contributed by atoms with Crippen molar-refractivity contribution in [3.63, 3.8) is 0 Å². The Balaban J connectivity index is 1.52. The highest BCUT2D eigenvalue weighted by Gasteiger charge is 2.69. The Labute approximate surface area is 163 Å². The van der Waals surface area contributed by atoms with Gasteiger partial charge in [-0.05, 0) is 58.8 Å². The molecule has 5 rings (SSSR count). The Morgan fingerprint density at radius 3 is 2.59 bits per heavy atom. The number of hydrogen-bond acceptors (Lipinski definition) is 6. The van der Waals surface area contributed by atoms with Crippen molar-refractivity contribution >= 4 is 0 Å². The molecule has 1 saturated carbocycles. The van der Waals surface area contributed by atoms with Crippen molar-refractivity contribution in [1.29, 1.82) is 0 Å². The summed E-state index contributed by atoms with van der Waals surface area (Å²) in [6.45, 7) is 14.4. The van der Waals surface area contributed by atoms with Gasteiger partial charge in [-0.1, -0.05) is 13.8 Å². The van der Waals surface area contributed by atoms with Crippen molar-refractivity contribution in [1.82, 2.24) is 5.32 Å². The molecule has 0 radical (unpaired) electrons. The fourth-order valence-corrected chi connectivity index (χ4v) is 5.66. The van der Waals surface area contributed by atoms with E-state index >= 15 is 0 Å². The fourth-order valence-electron chi connectivity index (χ4n) is 5.66. The van der Waals surface area contributed by atoms with E-state index in [9.17, 15) is 0 Å². The van der Waals surface area contributed by atoms with Gasteiger partial charge in [0, 0.05) is 30.3 Å². The second-order valence-corrected chi connectivity index (χ2v) is 10.3. The van der Waals surface area contributed by atoms with E-state index in [0.717, 1.165) is 25.8 Å². The summed E-state index contributed by atoms with van der Waals surface area (Å²) in [5.41, 5.74) is -0.418. The zero-order valence-corrected chi connectivity index (χ0v) is 17.7. The first kappa shape index (κ1) is 20.0. The minimum atomic E-state index is -0.726. The van der Waals surface area contributed by atoms with Crippen LogP contribution in [0.5, 0.6) is 0 Å². The Hall–Kier alpha value is -0.240. The van der Waals surface area contributed by atoms with Crippen molar-refractivity contribution in [3.05, 3.63) is 0 Å². The second kappa shape index (κ2) is 6.92. The van der Waals surface area contributed by atoms with Gasteiger partial charge in [0.1, 0.15) is 0 Å². The quantitative estimate of drug-likeness (QED) is 0.591. The highest BCUT2D eigenvalue weighted by atomic mass is 17.3. The van der Waals surface area contributed by atoms with E-state index in [-0.39, 0.29) is 17.7 Å². The van der Waals surface area contributed by atoms with Crippen molar-refractivity contribution in [2.75, 3.05) is 13.2 Å². The van der Waals surface area contributed by atoms with Gasteiger partial charge in [0.2, 0.25) is 5.79 Å². The van der Waals surface area contributed by atoms with Gasteiger partial charge in [0.25, 0.3) is 0 Å². The molecule has 0 amide bonds. The second-order valence-electron chi connectivity index (χ2n) is 10.3. The van der Waals surface area contributed by atoms with Gasteiger partial charge >= 0.3 is 0 Å². The molecule has 0 aromatic rings. The van der Waals surface area contributed by atoms with Gasteiger partial charge in [0.05, 0.1) is 6.61 Å². The SMILES string of the molecule is C[C@H]1C(OCCNC(C)(C)C)O[C@@H]2O[C@]3(C)CCC4[C@H](C)CCC1[C@]42OO3. The summed E-state index contributed by atoms with van der Waals surface area (Å²) in [7, 11) is 0. The van der Waals surface area contributed by atoms with Crippen LogP contribution < -0.4 is 5.32 Å². The summed E-state index contributed by atoms with van der Waals surface area (Å²) in [6.07, 6.45) is 3.52. The number of hydrogen-bond donors (Lipinski definition) is 1. The lowest BCUT2D eigenvalue weighted by Crippen LogP contribution is -2.70. The predicted octanol–water partition coefficient (Wildman–Crippen LogP) is 3.60. The Bertz CT molecular complexity index is 551. The van der Waals surface area contributed by atoms with Crippen LogP contribution in [0.25, 0.3) is 0 Å². The molecule has 27 heavy (non-hydrogen) atoms. The minimum Gasteiger partial charge on any atom is -0.351 e. The average molecular weight is 384 g/mol. The average Bonchev–Trinajstić information content (AvgIpc) is 2.81. The van der Waals surface area contributed by atoms with Crippen LogP contribution in [-0.2, 0) is 24.0 Å². The van der Waals surface area contributed by atoms with Crippen LogP contribution in [0.3, 0.4) is 0 Å². The maximum Gasteiger partial charge on any atom is 0.201 e. The lowest BCUT2D eigenvalue weighted by molar-refractivity contribution is -0.577. The minimum absolute atomic E-state index is 0.0858. The molecule has 4 saturated heterocycles. The van der Waals surface area contributed by atoms with Gasteiger partial charge in [0.15, 0.2) is 18.2 Å². The van der Waals surface area contributed by atoms with Crippen LogP contribution in [0.4, 0.5) is 0 Å². The zero-order valence-electron chi connectivity index (χ0n) is 17.7. The number of nitrogens with one attached hydrogen (secondary N) is 1. The summed E-state index contributed by atoms with van der Waals surface area (Å²) < 4.78 is 18.9. The molecule has 6 heteroatoms. The van der Waals surface area contributed by atoms with Crippen LogP contribution >= 0.6 is 0 Å². The number of ether oxygens (including phenoxy) is 3. The Morgan fingerprint density at radius 2 is 1.85 bits per heavy atom. The molecule has 6 nitrogen and oxygen atoms in total. The summed E-state index contributed by atoms with van der Waals surface area (Å²) in [5.74, 6) is 0.814. The van der Waals surface area contributed by atoms with E-state index in [2.05, 4.69) is 39.9 Å². The Kier molecular flexibility index (Phi) is 5.14. The number of rotatable bonds is 4. The Morgan fingerprint density at radius 1 is 1.07 bits per heavy atom. The van der Waals surface area contributed by atoms with Crippen molar-refractivity contribution < 1.29 is 24.0 Å². The first-order valence-electron chi connectivity index (χ1n) is 10.7. The molecular formula is C21H37NO5. The van der Waals surface area contributed by atoms with Crippen LogP contribution in [0.2, 0.25) is 0 Å². The highest BCUT2D eigenvalue weighted by Crippen LogP contribution is 2.60. The predicted molar refractivity (Wildman–Crippen MR) is 101 cm³/mol. The third kappa shape index (κ3) is 3.47. The summed E-state index contributed by atoms with van der Waals surface area (Å²) in [6, 6.07) is 0. The number of fused-ring (bicyclic) bond motifs is 2. The molecule has 4 aliphatic heterocycles. The molecule has 1 aliphatic carbocycles. The first-order valence-corrected chi connectivity index (χ1v) is 10.7. The van der Waals surface area contributed by atoms with E-state index in [1.165, 1.54) is 6.42 Å². The molecular weight excluding hydrogens is 346 g/mol. The molecule has 2 bridgehead atoms. The fraction of sp³-hybridized carbons (Fsp3) is 1.00. The van der Waals surface area contributed by atoms with Gasteiger partial charge in [-0.2, -0.15) is 0 Å². The van der Waals surface area contributed by atoms with Crippen molar-refractivity contribution in [2.24, 2.45) is 23.7 Å². The monoisotopic (exact) mass is 383 g/mol. The van der Waals surface area contributed by atoms with Gasteiger partial charge in [-0.15, -0.1) is 0 Å². The van der Waals surface area contributed by atoms with E-state index in [0.29, 0.717) is 24.4 Å². The first-order chi connectivity index (χ1) is 12.6. The normalized spacial score (nSPS) is 49.6. The van der Waals surface area contributed by atoms with E-state index in [4.69, 9.17) is 24.0 Å². The van der Waals surface area contributed by atoms with Crippen LogP contribution in [0.15, 0.2) is 0 Å². The standard InChI is InChI=1S/C21H37NO5/c1-13-7-8-16-14(2)17(23-12-11-22-19(3,4)5)24-18-21(16)15(13)9-10-20(6,25-18)26-27-21/h13-18,22H,7-12H2,1-6H3/t13-,14-,15?,16?,17?,18-,20+,21-/m1/s1. The molecule has 5 fully saturated rings. The van der Waals surface area contributed by atoms with Gasteiger partial charge in [-0.25, -0.2) is 9.78 Å². The smallest absolute Gasteiger partial charge is 0.201 e. The molecule has 156 valence electrons. The van der Waals surface area contributed by atoms with Gasteiger partial charge in [-0.3, -0.25) is 0 Å². The maximum absolute atomic E-state index is 6.41. The summed E-state index contributed by atoms with van der Waals surface area (Å²) in [5, 5.41) is 3.47. The van der Waals surface area contributed by atoms with Crippen LogP contribution in [0.1, 0.15) is 67.2 Å². The molecule has 1 spiro atoms. The van der Waals surface area contributed by atoms with E-state index in [1.807, 2.05) is 6.92 Å². The topological polar surface area (TPSA) is 58.2 Å². The molecule has 5 aliphatic rings. The van der Waals surface area contributed by atoms with E-state index < -0.39 is 17.7 Å². The third-order valence-corrected chi connectivity index (χ3v) is 7.14. The van der Waals surface area contributed by atoms with E-state index in [1.54, 1.807) is 0 Å². The molecule has 0 aromatic carbocycles. The summed E-state index contributed by atoms with van der Waals surface area (Å²) >= 11 is 0. The van der Waals surface area contributed by atoms with Crippen LogP contribution in [-0.4, -0.2) is 42.7 Å². The molecule has 1 N–H and O–H groups in total. The van der Waals surface area contributed by atoms with Crippen molar-refractivity contribution in [2.45, 2.75) is 96.7 Å². The largest absolute Gasteiger partial charge is 0.351 e. The van der Waals surface area contributed by atoms with Crippen LogP contribution in [0, 0.1) is 23.7 Å². The molecule has 4 heterocycles.